The number of hydrogen-bond donors (Lipinski definition) is 1. The Kier molecular flexibility index (Phi) is 7.87. The van der Waals surface area contributed by atoms with Crippen LogP contribution in [0.15, 0.2) is 22.7 Å². The number of alkyl halides is 5. The van der Waals surface area contributed by atoms with Crippen molar-refractivity contribution in [1.29, 1.82) is 0 Å². The van der Waals surface area contributed by atoms with Gasteiger partial charge in [0.2, 0.25) is 5.91 Å². The summed E-state index contributed by atoms with van der Waals surface area (Å²) in [6.45, 7) is 6.93. The van der Waals surface area contributed by atoms with Crippen molar-refractivity contribution < 1.29 is 26.7 Å². The molecule has 1 saturated carbocycles. The Morgan fingerprint density at radius 3 is 2.47 bits per heavy atom. The maximum Gasteiger partial charge on any atom is 0.417 e. The summed E-state index contributed by atoms with van der Waals surface area (Å²) in [7, 11) is 0. The van der Waals surface area contributed by atoms with Crippen molar-refractivity contribution in [3.8, 4) is 0 Å². The lowest BCUT2D eigenvalue weighted by Gasteiger charge is -2.47. The molecular weight excluding hydrogens is 497 g/mol. The Morgan fingerprint density at radius 2 is 1.88 bits per heavy atom. The van der Waals surface area contributed by atoms with E-state index in [1.165, 1.54) is 18.2 Å². The van der Waals surface area contributed by atoms with Crippen molar-refractivity contribution in [2.45, 2.75) is 69.8 Å². The summed E-state index contributed by atoms with van der Waals surface area (Å²) in [6, 6.07) is 2.25. The molecule has 180 valence electrons. The lowest BCUT2D eigenvalue weighted by Crippen LogP contribution is -2.64. The molecule has 1 aliphatic heterocycles. The van der Waals surface area contributed by atoms with Gasteiger partial charge in [0.15, 0.2) is 0 Å². The van der Waals surface area contributed by atoms with Crippen LogP contribution in [0.5, 0.6) is 0 Å². The Labute approximate surface area is 193 Å². The number of hydrogen-bond acceptors (Lipinski definition) is 3. The van der Waals surface area contributed by atoms with E-state index in [0.717, 1.165) is 13.1 Å². The van der Waals surface area contributed by atoms with Crippen LogP contribution < -0.4 is 5.32 Å². The normalized spacial score (nSPS) is 25.2. The maximum absolute atomic E-state index is 14.9. The summed E-state index contributed by atoms with van der Waals surface area (Å²) in [5.74, 6) is -3.94. The van der Waals surface area contributed by atoms with Gasteiger partial charge in [-0.25, -0.2) is 8.78 Å². The summed E-state index contributed by atoms with van der Waals surface area (Å²) in [6.07, 6.45) is -4.76. The first-order valence-corrected chi connectivity index (χ1v) is 11.7. The van der Waals surface area contributed by atoms with Gasteiger partial charge in [0.25, 0.3) is 5.92 Å². The second kappa shape index (κ2) is 9.93. The first-order valence-electron chi connectivity index (χ1n) is 10.9. The second-order valence-electron chi connectivity index (χ2n) is 8.88. The van der Waals surface area contributed by atoms with E-state index in [4.69, 9.17) is 0 Å². The van der Waals surface area contributed by atoms with E-state index in [2.05, 4.69) is 40.0 Å². The van der Waals surface area contributed by atoms with Crippen molar-refractivity contribution in [2.24, 2.45) is 0 Å². The number of benzene rings is 1. The molecule has 1 aromatic carbocycles. The lowest BCUT2D eigenvalue weighted by molar-refractivity contribution is -0.139. The van der Waals surface area contributed by atoms with E-state index in [1.807, 2.05) is 4.90 Å². The molecule has 1 amide bonds. The highest BCUT2D eigenvalue weighted by molar-refractivity contribution is 9.10. The first kappa shape index (κ1) is 25.4. The van der Waals surface area contributed by atoms with E-state index >= 15 is 0 Å². The minimum atomic E-state index is -4.66. The number of amides is 1. The molecule has 1 heterocycles. The number of nitrogens with one attached hydrogen (secondary N) is 1. The quantitative estimate of drug-likeness (QED) is 0.565. The molecule has 0 radical (unpaired) electrons. The number of nitrogens with zero attached hydrogens (tertiary/aromatic N) is 2. The molecule has 2 atom stereocenters. The van der Waals surface area contributed by atoms with Crippen LogP contribution in [-0.4, -0.2) is 65.9 Å². The molecule has 0 bridgehead atoms. The van der Waals surface area contributed by atoms with Crippen molar-refractivity contribution in [3.05, 3.63) is 33.8 Å². The number of carbonyl (C=O) groups excluding carboxylic acids is 1. The Hall–Kier alpha value is -1.26. The number of halogens is 6. The zero-order valence-corrected chi connectivity index (χ0v) is 19.8. The number of piperazine rings is 1. The predicted octanol–water partition coefficient (Wildman–Crippen LogP) is 4.71. The van der Waals surface area contributed by atoms with Gasteiger partial charge in [0.1, 0.15) is 6.04 Å². The fraction of sp³-hybridized carbons (Fsp3) is 0.682. The number of carbonyl (C=O) groups is 1. The highest BCUT2D eigenvalue weighted by Gasteiger charge is 2.50. The van der Waals surface area contributed by atoms with Crippen molar-refractivity contribution in [2.75, 3.05) is 26.2 Å². The van der Waals surface area contributed by atoms with Crippen molar-refractivity contribution in [3.63, 3.8) is 0 Å². The van der Waals surface area contributed by atoms with E-state index < -0.39 is 42.1 Å². The minimum Gasteiger partial charge on any atom is -0.345 e. The molecule has 3 rings (SSSR count). The first-order chi connectivity index (χ1) is 14.9. The van der Waals surface area contributed by atoms with E-state index in [9.17, 15) is 26.7 Å². The highest BCUT2D eigenvalue weighted by atomic mass is 79.9. The Balaban J connectivity index is 1.75. The molecule has 4 nitrogen and oxygen atoms in total. The van der Waals surface area contributed by atoms with Crippen LogP contribution in [0.3, 0.4) is 0 Å². The average Bonchev–Trinajstić information content (AvgIpc) is 2.68. The van der Waals surface area contributed by atoms with Gasteiger partial charge in [0, 0.05) is 49.2 Å². The third kappa shape index (κ3) is 5.80. The van der Waals surface area contributed by atoms with E-state index in [1.54, 1.807) is 0 Å². The molecule has 1 aliphatic carbocycles. The standard InChI is InChI=1S/C22H29BrF5N3O/c1-14(2)30-9-11-31(12-10-30)17-7-4-8-21(24,25)20(17)29-18(32)13-15-5-3-6-16(23)19(15)22(26,27)28/h3,5-6,14,17,20H,4,7-13H2,1-2H3,(H,29,32)/t17-,20+/m0/s1. The SMILES string of the molecule is CC(C)N1CCN([C@H]2CCCC(F)(F)[C@@H]2NC(=O)Cc2cccc(Br)c2C(F)(F)F)CC1. The molecule has 1 aromatic rings. The molecule has 0 unspecified atom stereocenters. The molecule has 0 spiro atoms. The van der Waals surface area contributed by atoms with Crippen LogP contribution in [-0.2, 0) is 17.4 Å². The molecule has 2 aliphatic rings. The van der Waals surface area contributed by atoms with Gasteiger partial charge in [-0.3, -0.25) is 14.6 Å². The zero-order chi connectivity index (χ0) is 23.7. The minimum absolute atomic E-state index is 0.181. The van der Waals surface area contributed by atoms with Crippen molar-refractivity contribution in [1.82, 2.24) is 15.1 Å². The summed E-state index contributed by atoms with van der Waals surface area (Å²) < 4.78 is 69.9. The summed E-state index contributed by atoms with van der Waals surface area (Å²) in [4.78, 5) is 16.9. The third-order valence-electron chi connectivity index (χ3n) is 6.45. The summed E-state index contributed by atoms with van der Waals surface area (Å²) in [5.41, 5.74) is -1.20. The van der Waals surface area contributed by atoms with Gasteiger partial charge in [-0.1, -0.05) is 28.1 Å². The van der Waals surface area contributed by atoms with Gasteiger partial charge in [0.05, 0.1) is 12.0 Å². The average molecular weight is 526 g/mol. The van der Waals surface area contributed by atoms with Crippen LogP contribution in [0.1, 0.15) is 44.2 Å². The molecule has 0 aromatic heterocycles. The van der Waals surface area contributed by atoms with Gasteiger partial charge in [-0.05, 0) is 38.3 Å². The van der Waals surface area contributed by atoms with Crippen LogP contribution in [0.25, 0.3) is 0 Å². The molecule has 10 heteroatoms. The van der Waals surface area contributed by atoms with Gasteiger partial charge in [-0.15, -0.1) is 0 Å². The fourth-order valence-corrected chi connectivity index (χ4v) is 5.39. The molecule has 2 fully saturated rings. The van der Waals surface area contributed by atoms with Crippen LogP contribution >= 0.6 is 15.9 Å². The number of rotatable bonds is 5. The second-order valence-corrected chi connectivity index (χ2v) is 9.73. The fourth-order valence-electron chi connectivity index (χ4n) is 4.76. The topological polar surface area (TPSA) is 35.6 Å². The largest absolute Gasteiger partial charge is 0.417 e. The van der Waals surface area contributed by atoms with Crippen LogP contribution in [0.4, 0.5) is 22.0 Å². The zero-order valence-electron chi connectivity index (χ0n) is 18.2. The molecule has 1 N–H and O–H groups in total. The smallest absolute Gasteiger partial charge is 0.345 e. The summed E-state index contributed by atoms with van der Waals surface area (Å²) >= 11 is 2.88. The highest BCUT2D eigenvalue weighted by Crippen LogP contribution is 2.39. The monoisotopic (exact) mass is 525 g/mol. The Morgan fingerprint density at radius 1 is 1.22 bits per heavy atom. The molecule has 32 heavy (non-hydrogen) atoms. The third-order valence-corrected chi connectivity index (χ3v) is 7.11. The lowest BCUT2D eigenvalue weighted by atomic mass is 9.85. The van der Waals surface area contributed by atoms with Crippen molar-refractivity contribution >= 4 is 21.8 Å². The Bertz CT molecular complexity index is 809. The van der Waals surface area contributed by atoms with E-state index in [-0.39, 0.29) is 16.5 Å². The maximum atomic E-state index is 14.9. The predicted molar refractivity (Wildman–Crippen MR) is 116 cm³/mol. The van der Waals surface area contributed by atoms with Crippen LogP contribution in [0.2, 0.25) is 0 Å². The summed E-state index contributed by atoms with van der Waals surface area (Å²) in [5, 5.41) is 2.41. The molecule has 1 saturated heterocycles. The van der Waals surface area contributed by atoms with Gasteiger partial charge in [-0.2, -0.15) is 13.2 Å². The molecular formula is C22H29BrF5N3O. The van der Waals surface area contributed by atoms with Crippen LogP contribution in [0, 0.1) is 0 Å². The van der Waals surface area contributed by atoms with Gasteiger partial charge < -0.3 is 5.32 Å². The van der Waals surface area contributed by atoms with Gasteiger partial charge >= 0.3 is 6.18 Å². The van der Waals surface area contributed by atoms with E-state index in [0.29, 0.717) is 32.0 Å².